The van der Waals surface area contributed by atoms with Gasteiger partial charge in [-0.1, -0.05) is 35.5 Å². The summed E-state index contributed by atoms with van der Waals surface area (Å²) >= 11 is 0. The van der Waals surface area contributed by atoms with Crippen molar-refractivity contribution in [3.63, 3.8) is 0 Å². The number of benzene rings is 1. The van der Waals surface area contributed by atoms with E-state index in [0.717, 1.165) is 5.57 Å². The number of rotatable bonds is 1. The maximum Gasteiger partial charge on any atom is 0.158 e. The van der Waals surface area contributed by atoms with Crippen molar-refractivity contribution in [2.75, 3.05) is 0 Å². The Hall–Kier alpha value is -1.57. The summed E-state index contributed by atoms with van der Waals surface area (Å²) in [7, 11) is 0. The van der Waals surface area contributed by atoms with Gasteiger partial charge < -0.3 is 4.84 Å². The van der Waals surface area contributed by atoms with Gasteiger partial charge in [-0.25, -0.2) is 0 Å². The lowest BCUT2D eigenvalue weighted by Crippen LogP contribution is -2.20. The van der Waals surface area contributed by atoms with Gasteiger partial charge in [-0.05, 0) is 25.5 Å². The number of hydrogen-bond donors (Lipinski definition) is 0. The van der Waals surface area contributed by atoms with Gasteiger partial charge in [0.1, 0.15) is 0 Å². The Morgan fingerprint density at radius 2 is 1.93 bits per heavy atom. The third-order valence-electron chi connectivity index (χ3n) is 2.29. The summed E-state index contributed by atoms with van der Waals surface area (Å²) < 4.78 is 0. The van der Waals surface area contributed by atoms with Crippen molar-refractivity contribution in [3.8, 4) is 0 Å². The van der Waals surface area contributed by atoms with E-state index in [-0.39, 0.29) is 5.60 Å². The monoisotopic (exact) mass is 187 g/mol. The summed E-state index contributed by atoms with van der Waals surface area (Å²) in [6, 6.07) is 10.2. The molecular weight excluding hydrogens is 174 g/mol. The molecule has 0 aliphatic carbocycles. The van der Waals surface area contributed by atoms with Crippen LogP contribution in [0.3, 0.4) is 0 Å². The highest BCUT2D eigenvalue weighted by atomic mass is 16.7. The normalized spacial score (nSPS) is 21.1. The van der Waals surface area contributed by atoms with Crippen molar-refractivity contribution in [1.29, 1.82) is 0 Å². The van der Waals surface area contributed by atoms with Crippen molar-refractivity contribution in [2.24, 2.45) is 5.16 Å². The largest absolute Gasteiger partial charge is 0.385 e. The molecule has 1 heterocycles. The third kappa shape index (κ3) is 1.69. The number of oxime groups is 1. The molecule has 14 heavy (non-hydrogen) atoms. The fourth-order valence-electron chi connectivity index (χ4n) is 1.36. The Morgan fingerprint density at radius 3 is 2.50 bits per heavy atom. The van der Waals surface area contributed by atoms with Gasteiger partial charge in [0.05, 0.1) is 6.21 Å². The van der Waals surface area contributed by atoms with E-state index < -0.39 is 0 Å². The zero-order valence-electron chi connectivity index (χ0n) is 8.40. The molecule has 0 aromatic heterocycles. The predicted octanol–water partition coefficient (Wildman–Crippen LogP) is 2.86. The first-order valence-electron chi connectivity index (χ1n) is 4.67. The highest BCUT2D eigenvalue weighted by Gasteiger charge is 2.28. The molecular formula is C12H13NO. The smallest absolute Gasteiger partial charge is 0.158 e. The van der Waals surface area contributed by atoms with Crippen LogP contribution in [0.1, 0.15) is 19.4 Å². The van der Waals surface area contributed by atoms with Crippen LogP contribution in [0.25, 0.3) is 6.08 Å². The molecule has 0 saturated carbocycles. The second kappa shape index (κ2) is 3.29. The Morgan fingerprint density at radius 1 is 1.21 bits per heavy atom. The van der Waals surface area contributed by atoms with E-state index in [9.17, 15) is 0 Å². The maximum absolute atomic E-state index is 5.23. The van der Waals surface area contributed by atoms with Crippen LogP contribution in [0, 0.1) is 0 Å². The summed E-state index contributed by atoms with van der Waals surface area (Å²) in [6.45, 7) is 4.02. The van der Waals surface area contributed by atoms with Crippen LogP contribution in [0.4, 0.5) is 0 Å². The summed E-state index contributed by atoms with van der Waals surface area (Å²) in [6.07, 6.45) is 3.86. The number of hydrogen-bond acceptors (Lipinski definition) is 2. The molecule has 0 bridgehead atoms. The lowest BCUT2D eigenvalue weighted by Gasteiger charge is -2.16. The van der Waals surface area contributed by atoms with Crippen LogP contribution in [0.2, 0.25) is 0 Å². The lowest BCUT2D eigenvalue weighted by molar-refractivity contribution is 0.0356. The van der Waals surface area contributed by atoms with Gasteiger partial charge in [-0.2, -0.15) is 0 Å². The summed E-state index contributed by atoms with van der Waals surface area (Å²) in [5.74, 6) is 0. The topological polar surface area (TPSA) is 21.6 Å². The Bertz CT molecular complexity index is 377. The standard InChI is InChI=1S/C12H13NO/c1-12(2)11(9-13-14-12)8-10-6-4-3-5-7-10/h3-9H,1-2H3/b11-8+. The minimum atomic E-state index is -0.296. The van der Waals surface area contributed by atoms with Crippen LogP contribution in [-0.4, -0.2) is 11.8 Å². The van der Waals surface area contributed by atoms with Gasteiger partial charge in [-0.15, -0.1) is 0 Å². The highest BCUT2D eigenvalue weighted by Crippen LogP contribution is 2.26. The minimum absolute atomic E-state index is 0.296. The van der Waals surface area contributed by atoms with E-state index in [4.69, 9.17) is 4.84 Å². The first-order chi connectivity index (χ1) is 6.68. The molecule has 72 valence electrons. The maximum atomic E-state index is 5.23. The molecule has 2 rings (SSSR count). The molecule has 1 aliphatic rings. The molecule has 0 N–H and O–H groups in total. The van der Waals surface area contributed by atoms with Gasteiger partial charge in [-0.3, -0.25) is 0 Å². The van der Waals surface area contributed by atoms with Gasteiger partial charge in [0.15, 0.2) is 5.60 Å². The molecule has 0 spiro atoms. The van der Waals surface area contributed by atoms with E-state index in [1.54, 1.807) is 6.21 Å². The van der Waals surface area contributed by atoms with Crippen LogP contribution in [0.15, 0.2) is 41.1 Å². The average Bonchev–Trinajstić information content (AvgIpc) is 2.48. The molecule has 1 aromatic carbocycles. The highest BCUT2D eigenvalue weighted by molar-refractivity contribution is 5.89. The van der Waals surface area contributed by atoms with Crippen LogP contribution < -0.4 is 0 Å². The minimum Gasteiger partial charge on any atom is -0.385 e. The van der Waals surface area contributed by atoms with Crippen LogP contribution in [0.5, 0.6) is 0 Å². The fraction of sp³-hybridized carbons (Fsp3) is 0.250. The zero-order chi connectivity index (χ0) is 10.0. The van der Waals surface area contributed by atoms with Gasteiger partial charge in [0.25, 0.3) is 0 Å². The zero-order valence-corrected chi connectivity index (χ0v) is 8.40. The molecule has 0 saturated heterocycles. The second-order valence-electron chi connectivity index (χ2n) is 3.85. The Kier molecular flexibility index (Phi) is 2.12. The molecule has 2 nitrogen and oxygen atoms in total. The second-order valence-corrected chi connectivity index (χ2v) is 3.85. The molecule has 1 aromatic rings. The average molecular weight is 187 g/mol. The predicted molar refractivity (Wildman–Crippen MR) is 58.1 cm³/mol. The van der Waals surface area contributed by atoms with Crippen molar-refractivity contribution in [1.82, 2.24) is 0 Å². The quantitative estimate of drug-likeness (QED) is 0.662. The van der Waals surface area contributed by atoms with Crippen molar-refractivity contribution >= 4 is 12.3 Å². The Labute approximate surface area is 83.9 Å². The van der Waals surface area contributed by atoms with Gasteiger partial charge >= 0.3 is 0 Å². The third-order valence-corrected chi connectivity index (χ3v) is 2.29. The van der Waals surface area contributed by atoms with Crippen LogP contribution >= 0.6 is 0 Å². The van der Waals surface area contributed by atoms with Crippen molar-refractivity contribution < 1.29 is 4.84 Å². The van der Waals surface area contributed by atoms with Crippen molar-refractivity contribution in [3.05, 3.63) is 41.5 Å². The first kappa shape index (κ1) is 9.00. The van der Waals surface area contributed by atoms with E-state index in [1.807, 2.05) is 32.0 Å². The summed E-state index contributed by atoms with van der Waals surface area (Å²) in [5, 5.41) is 3.82. The lowest BCUT2D eigenvalue weighted by atomic mass is 9.97. The molecule has 0 amide bonds. The van der Waals surface area contributed by atoms with E-state index in [0.29, 0.717) is 0 Å². The Balaban J connectivity index is 2.32. The first-order valence-corrected chi connectivity index (χ1v) is 4.67. The summed E-state index contributed by atoms with van der Waals surface area (Å²) in [5.41, 5.74) is 1.98. The van der Waals surface area contributed by atoms with Crippen LogP contribution in [-0.2, 0) is 4.84 Å². The molecule has 0 fully saturated rings. The SMILES string of the molecule is CC1(C)ON=C/C1=C\c1ccccc1. The van der Waals surface area contributed by atoms with Crippen molar-refractivity contribution in [2.45, 2.75) is 19.4 Å². The molecule has 2 heteroatoms. The van der Waals surface area contributed by atoms with Gasteiger partial charge in [0.2, 0.25) is 0 Å². The number of nitrogens with zero attached hydrogens (tertiary/aromatic N) is 1. The molecule has 0 atom stereocenters. The van der Waals surface area contributed by atoms with E-state index in [2.05, 4.69) is 23.4 Å². The summed E-state index contributed by atoms with van der Waals surface area (Å²) in [4.78, 5) is 5.23. The molecule has 0 radical (unpaired) electrons. The fourth-order valence-corrected chi connectivity index (χ4v) is 1.36. The van der Waals surface area contributed by atoms with E-state index in [1.165, 1.54) is 5.56 Å². The van der Waals surface area contributed by atoms with Gasteiger partial charge in [0, 0.05) is 5.57 Å². The molecule has 1 aliphatic heterocycles. The molecule has 0 unspecified atom stereocenters. The van der Waals surface area contributed by atoms with E-state index >= 15 is 0 Å².